The Morgan fingerprint density at radius 2 is 2.17 bits per heavy atom. The molecule has 2 fully saturated rings. The number of rotatable bonds is 6. The van der Waals surface area contributed by atoms with Crippen LogP contribution in [0.4, 0.5) is 5.69 Å². The summed E-state index contributed by atoms with van der Waals surface area (Å²) in [5.41, 5.74) is 0.998. The lowest BCUT2D eigenvalue weighted by Crippen LogP contribution is -2.45. The molecule has 29 heavy (non-hydrogen) atoms. The van der Waals surface area contributed by atoms with E-state index in [1.54, 1.807) is 7.11 Å². The quantitative estimate of drug-likeness (QED) is 0.318. The van der Waals surface area contributed by atoms with Gasteiger partial charge in [0.2, 0.25) is 0 Å². The molecule has 1 aromatic rings. The molecule has 2 N–H and O–H groups in total. The lowest BCUT2D eigenvalue weighted by Gasteiger charge is -2.22. The Morgan fingerprint density at radius 1 is 1.38 bits per heavy atom. The largest absolute Gasteiger partial charge is 0.495 e. The van der Waals surface area contributed by atoms with Crippen molar-refractivity contribution in [2.45, 2.75) is 25.8 Å². The fraction of sp³-hybridized carbons (Fsp3) is 0.632. The van der Waals surface area contributed by atoms with Gasteiger partial charge in [-0.15, -0.1) is 24.0 Å². The summed E-state index contributed by atoms with van der Waals surface area (Å²) in [6.45, 7) is 5.03. The highest BCUT2D eigenvalue weighted by atomic mass is 127. The standard InChI is InChI=1S/C19H29ClN4O3S.HI/c1-3-21-19(22-11-14-7-9-28(25,26)13-14)23-16-6-8-24(12-16)17-10-15(20)4-5-18(17)27-2;/h4-5,10,14,16H,3,6-9,11-13H2,1-2H3,(H2,21,22,23);1H. The van der Waals surface area contributed by atoms with Crippen molar-refractivity contribution >= 4 is 57.1 Å². The topological polar surface area (TPSA) is 83.0 Å². The van der Waals surface area contributed by atoms with E-state index in [1.165, 1.54) is 0 Å². The zero-order valence-electron chi connectivity index (χ0n) is 16.9. The van der Waals surface area contributed by atoms with Gasteiger partial charge in [0.05, 0.1) is 24.3 Å². The highest BCUT2D eigenvalue weighted by molar-refractivity contribution is 14.0. The number of methoxy groups -OCH3 is 1. The summed E-state index contributed by atoms with van der Waals surface area (Å²) in [5, 5.41) is 7.44. The van der Waals surface area contributed by atoms with Gasteiger partial charge in [-0.05, 0) is 43.9 Å². The molecule has 1 aromatic carbocycles. The summed E-state index contributed by atoms with van der Waals surface area (Å²) in [6.07, 6.45) is 1.68. The van der Waals surface area contributed by atoms with Gasteiger partial charge in [-0.2, -0.15) is 0 Å². The van der Waals surface area contributed by atoms with Crippen LogP contribution in [0.15, 0.2) is 23.2 Å². The summed E-state index contributed by atoms with van der Waals surface area (Å²) < 4.78 is 28.7. The van der Waals surface area contributed by atoms with E-state index < -0.39 is 9.84 Å². The van der Waals surface area contributed by atoms with Gasteiger partial charge < -0.3 is 20.3 Å². The predicted octanol–water partition coefficient (Wildman–Crippen LogP) is 2.54. The lowest BCUT2D eigenvalue weighted by molar-refractivity contribution is 0.415. The molecule has 2 aliphatic rings. The minimum atomic E-state index is -2.87. The highest BCUT2D eigenvalue weighted by Gasteiger charge is 2.28. The molecule has 0 saturated carbocycles. The van der Waals surface area contributed by atoms with Crippen LogP contribution in [0.3, 0.4) is 0 Å². The summed E-state index contributed by atoms with van der Waals surface area (Å²) >= 11 is 6.17. The fourth-order valence-electron chi connectivity index (χ4n) is 3.76. The number of hydrogen-bond donors (Lipinski definition) is 2. The molecule has 2 atom stereocenters. The number of anilines is 1. The highest BCUT2D eigenvalue weighted by Crippen LogP contribution is 2.33. The zero-order valence-corrected chi connectivity index (χ0v) is 20.8. The second-order valence-electron chi connectivity index (χ2n) is 7.38. The first-order valence-electron chi connectivity index (χ1n) is 9.74. The van der Waals surface area contributed by atoms with Crippen molar-refractivity contribution in [1.29, 1.82) is 0 Å². The first kappa shape index (κ1) is 24.3. The van der Waals surface area contributed by atoms with Gasteiger partial charge >= 0.3 is 0 Å². The number of aliphatic imine (C=N–C) groups is 1. The van der Waals surface area contributed by atoms with Gasteiger partial charge in [0, 0.05) is 37.2 Å². The number of nitrogens with zero attached hydrogens (tertiary/aromatic N) is 2. The van der Waals surface area contributed by atoms with Crippen LogP contribution in [-0.2, 0) is 9.84 Å². The Hall–Kier alpha value is -0.940. The molecule has 0 aliphatic carbocycles. The number of benzene rings is 1. The van der Waals surface area contributed by atoms with E-state index in [0.29, 0.717) is 18.0 Å². The average molecular weight is 557 g/mol. The van der Waals surface area contributed by atoms with Crippen LogP contribution in [-0.4, -0.2) is 65.2 Å². The van der Waals surface area contributed by atoms with Crippen LogP contribution in [0.25, 0.3) is 0 Å². The van der Waals surface area contributed by atoms with E-state index in [2.05, 4.69) is 20.5 Å². The monoisotopic (exact) mass is 556 g/mol. The van der Waals surface area contributed by atoms with Gasteiger partial charge in [0.25, 0.3) is 0 Å². The molecular formula is C19H30ClIN4O3S. The normalized spacial score (nSPS) is 23.6. The van der Waals surface area contributed by atoms with E-state index >= 15 is 0 Å². The molecule has 164 valence electrons. The summed E-state index contributed by atoms with van der Waals surface area (Å²) in [5.74, 6) is 2.22. The predicted molar refractivity (Wildman–Crippen MR) is 130 cm³/mol. The van der Waals surface area contributed by atoms with Gasteiger partial charge in [0.15, 0.2) is 15.8 Å². The van der Waals surface area contributed by atoms with Crippen molar-refractivity contribution in [1.82, 2.24) is 10.6 Å². The zero-order chi connectivity index (χ0) is 20.1. The second kappa shape index (κ2) is 10.9. The number of nitrogens with one attached hydrogen (secondary N) is 2. The molecule has 2 saturated heterocycles. The third kappa shape index (κ3) is 6.78. The smallest absolute Gasteiger partial charge is 0.191 e. The average Bonchev–Trinajstić information content (AvgIpc) is 3.26. The summed E-state index contributed by atoms with van der Waals surface area (Å²) in [4.78, 5) is 6.90. The molecule has 0 radical (unpaired) electrons. The number of halogens is 2. The minimum Gasteiger partial charge on any atom is -0.495 e. The van der Waals surface area contributed by atoms with Gasteiger partial charge in [-0.1, -0.05) is 11.6 Å². The Balaban J connectivity index is 0.00000300. The maximum atomic E-state index is 11.6. The van der Waals surface area contributed by atoms with Crippen molar-refractivity contribution in [3.8, 4) is 5.75 Å². The fourth-order valence-corrected chi connectivity index (χ4v) is 5.77. The molecule has 7 nitrogen and oxygen atoms in total. The van der Waals surface area contributed by atoms with Crippen molar-refractivity contribution in [3.05, 3.63) is 23.2 Å². The van der Waals surface area contributed by atoms with E-state index in [4.69, 9.17) is 16.3 Å². The van der Waals surface area contributed by atoms with Crippen molar-refractivity contribution in [2.24, 2.45) is 10.9 Å². The van der Waals surface area contributed by atoms with Gasteiger partial charge in [-0.25, -0.2) is 8.42 Å². The molecule has 10 heteroatoms. The summed E-state index contributed by atoms with van der Waals surface area (Å²) in [6, 6.07) is 5.89. The van der Waals surface area contributed by atoms with E-state index in [9.17, 15) is 8.42 Å². The van der Waals surface area contributed by atoms with Crippen molar-refractivity contribution in [2.75, 3.05) is 49.7 Å². The SMILES string of the molecule is CCNC(=NCC1CCS(=O)(=O)C1)NC1CCN(c2cc(Cl)ccc2OC)C1.I. The second-order valence-corrected chi connectivity index (χ2v) is 10.0. The third-order valence-electron chi connectivity index (χ3n) is 5.19. The number of sulfone groups is 1. The third-order valence-corrected chi connectivity index (χ3v) is 7.26. The summed E-state index contributed by atoms with van der Waals surface area (Å²) in [7, 11) is -1.20. The molecule has 0 spiro atoms. The molecule has 0 bridgehead atoms. The molecule has 0 amide bonds. The number of guanidine groups is 1. The van der Waals surface area contributed by atoms with Crippen LogP contribution in [0, 0.1) is 5.92 Å². The van der Waals surface area contributed by atoms with Crippen molar-refractivity contribution < 1.29 is 13.2 Å². The van der Waals surface area contributed by atoms with Crippen LogP contribution >= 0.6 is 35.6 Å². The number of ether oxygens (including phenoxy) is 1. The van der Waals surface area contributed by atoms with Crippen molar-refractivity contribution in [3.63, 3.8) is 0 Å². The minimum absolute atomic E-state index is 0. The van der Waals surface area contributed by atoms with Gasteiger partial charge in [-0.3, -0.25) is 4.99 Å². The van der Waals surface area contributed by atoms with Gasteiger partial charge in [0.1, 0.15) is 5.75 Å². The lowest BCUT2D eigenvalue weighted by atomic mass is 10.1. The van der Waals surface area contributed by atoms with Crippen LogP contribution in [0.2, 0.25) is 5.02 Å². The van der Waals surface area contributed by atoms with E-state index in [1.807, 2.05) is 25.1 Å². The molecule has 2 aliphatic heterocycles. The Bertz CT molecular complexity index is 822. The molecular weight excluding hydrogens is 527 g/mol. The maximum absolute atomic E-state index is 11.6. The Labute approximate surface area is 195 Å². The van der Waals surface area contributed by atoms with E-state index in [0.717, 1.165) is 43.5 Å². The molecule has 3 rings (SSSR count). The van der Waals surface area contributed by atoms with Crippen LogP contribution in [0.1, 0.15) is 19.8 Å². The molecule has 0 aromatic heterocycles. The van der Waals surface area contributed by atoms with Crippen LogP contribution < -0.4 is 20.3 Å². The Morgan fingerprint density at radius 3 is 2.83 bits per heavy atom. The maximum Gasteiger partial charge on any atom is 0.191 e. The molecule has 2 heterocycles. The Kier molecular flexibility index (Phi) is 9.15. The molecule has 2 unspecified atom stereocenters. The first-order chi connectivity index (χ1) is 13.4. The first-order valence-corrected chi connectivity index (χ1v) is 11.9. The van der Waals surface area contributed by atoms with Crippen LogP contribution in [0.5, 0.6) is 5.75 Å². The van der Waals surface area contributed by atoms with E-state index in [-0.39, 0.29) is 47.4 Å². The number of hydrogen-bond acceptors (Lipinski definition) is 5.